The smallest absolute Gasteiger partial charge is 0.143 e. The van der Waals surface area contributed by atoms with Gasteiger partial charge in [0, 0.05) is 49.8 Å². The molecule has 1 fully saturated rings. The van der Waals surface area contributed by atoms with Gasteiger partial charge in [-0.25, -0.2) is 0 Å². The SMILES string of the molecule is c1ccc(N(c2ccc3c(c2)oc2ccccc23)c2cc3c(oc4cccc(C5CCCC5)c43)c3ccccc23)cc1. The first-order valence-electron chi connectivity index (χ1n) is 15.0. The van der Waals surface area contributed by atoms with Crippen molar-refractivity contribution < 1.29 is 8.83 Å². The maximum absolute atomic E-state index is 6.67. The largest absolute Gasteiger partial charge is 0.456 e. The molecule has 1 aliphatic rings. The molecule has 0 spiro atoms. The van der Waals surface area contributed by atoms with Crippen molar-refractivity contribution in [1.82, 2.24) is 0 Å². The van der Waals surface area contributed by atoms with Gasteiger partial charge in [-0.3, -0.25) is 0 Å². The highest BCUT2D eigenvalue weighted by molar-refractivity contribution is 6.20. The van der Waals surface area contributed by atoms with Gasteiger partial charge in [-0.15, -0.1) is 0 Å². The lowest BCUT2D eigenvalue weighted by Crippen LogP contribution is -2.10. The van der Waals surface area contributed by atoms with Gasteiger partial charge in [0.2, 0.25) is 0 Å². The van der Waals surface area contributed by atoms with Gasteiger partial charge in [-0.1, -0.05) is 85.6 Å². The van der Waals surface area contributed by atoms with Gasteiger partial charge < -0.3 is 13.7 Å². The summed E-state index contributed by atoms with van der Waals surface area (Å²) in [6, 6.07) is 43.1. The summed E-state index contributed by atoms with van der Waals surface area (Å²) < 4.78 is 13.0. The van der Waals surface area contributed by atoms with E-state index in [-0.39, 0.29) is 0 Å². The summed E-state index contributed by atoms with van der Waals surface area (Å²) >= 11 is 0. The molecule has 0 N–H and O–H groups in total. The summed E-state index contributed by atoms with van der Waals surface area (Å²) in [5.41, 5.74) is 8.46. The molecule has 3 nitrogen and oxygen atoms in total. The van der Waals surface area contributed by atoms with Crippen LogP contribution in [0.1, 0.15) is 37.2 Å². The average Bonchev–Trinajstić information content (AvgIpc) is 3.79. The van der Waals surface area contributed by atoms with Crippen LogP contribution in [0.5, 0.6) is 0 Å². The molecular weight excluding hydrogens is 514 g/mol. The van der Waals surface area contributed by atoms with Crippen LogP contribution >= 0.6 is 0 Å². The third kappa shape index (κ3) is 3.53. The maximum Gasteiger partial charge on any atom is 0.143 e. The molecule has 0 unspecified atom stereocenters. The molecule has 6 aromatic carbocycles. The molecule has 8 aromatic rings. The Balaban J connectivity index is 1.36. The van der Waals surface area contributed by atoms with E-state index < -0.39 is 0 Å². The van der Waals surface area contributed by atoms with Crippen molar-refractivity contribution in [2.24, 2.45) is 0 Å². The van der Waals surface area contributed by atoms with E-state index in [9.17, 15) is 0 Å². The lowest BCUT2D eigenvalue weighted by atomic mass is 9.92. The minimum absolute atomic E-state index is 0.588. The highest BCUT2D eigenvalue weighted by Crippen LogP contribution is 2.47. The summed E-state index contributed by atoms with van der Waals surface area (Å²) in [6.07, 6.45) is 5.11. The quantitative estimate of drug-likeness (QED) is 0.221. The van der Waals surface area contributed by atoms with Crippen molar-refractivity contribution in [3.8, 4) is 0 Å². The van der Waals surface area contributed by atoms with Crippen LogP contribution in [-0.2, 0) is 0 Å². The van der Waals surface area contributed by atoms with Gasteiger partial charge in [-0.05, 0) is 66.8 Å². The van der Waals surface area contributed by atoms with E-state index in [1.807, 2.05) is 12.1 Å². The Bertz CT molecular complexity index is 2270. The van der Waals surface area contributed by atoms with Gasteiger partial charge in [0.1, 0.15) is 22.3 Å². The maximum atomic E-state index is 6.67. The Hall–Kier alpha value is -5.02. The number of hydrogen-bond acceptors (Lipinski definition) is 3. The van der Waals surface area contributed by atoms with Crippen LogP contribution < -0.4 is 4.90 Å². The van der Waals surface area contributed by atoms with E-state index in [4.69, 9.17) is 8.83 Å². The zero-order valence-electron chi connectivity index (χ0n) is 23.2. The predicted molar refractivity (Wildman–Crippen MR) is 174 cm³/mol. The Morgan fingerprint density at radius 2 is 1.21 bits per heavy atom. The van der Waals surface area contributed by atoms with Crippen molar-refractivity contribution in [1.29, 1.82) is 0 Å². The van der Waals surface area contributed by atoms with Crippen LogP contribution in [0.2, 0.25) is 0 Å². The Kier molecular flexibility index (Phi) is 5.21. The fourth-order valence-electron chi connectivity index (χ4n) is 7.28. The molecule has 0 radical (unpaired) electrons. The second kappa shape index (κ2) is 9.25. The van der Waals surface area contributed by atoms with E-state index in [1.165, 1.54) is 42.0 Å². The van der Waals surface area contributed by atoms with E-state index in [1.54, 1.807) is 0 Å². The number of furan rings is 2. The number of rotatable bonds is 4. The van der Waals surface area contributed by atoms with Crippen LogP contribution in [0.15, 0.2) is 130 Å². The number of anilines is 3. The highest BCUT2D eigenvalue weighted by atomic mass is 16.3. The van der Waals surface area contributed by atoms with Gasteiger partial charge in [-0.2, -0.15) is 0 Å². The first-order valence-corrected chi connectivity index (χ1v) is 15.0. The number of hydrogen-bond donors (Lipinski definition) is 0. The standard InChI is InChI=1S/C39H29NO2/c1-2-13-26(14-3-1)40(27-21-22-31-30-16-8-9-19-35(30)41-37(31)23-27)34-24-33-38-28(25-11-4-5-12-25)18-10-20-36(38)42-39(33)32-17-7-6-15-29(32)34/h1-3,6-10,13-25H,4-5,11-12H2. The van der Waals surface area contributed by atoms with Gasteiger partial charge in [0.05, 0.1) is 5.69 Å². The molecule has 1 aliphatic carbocycles. The molecule has 0 atom stereocenters. The molecule has 42 heavy (non-hydrogen) atoms. The van der Waals surface area contributed by atoms with E-state index >= 15 is 0 Å². The number of fused-ring (bicyclic) bond motifs is 8. The minimum atomic E-state index is 0.588. The van der Waals surface area contributed by atoms with E-state index in [0.717, 1.165) is 60.9 Å². The second-order valence-corrected chi connectivity index (χ2v) is 11.6. The Labute approximate surface area is 243 Å². The summed E-state index contributed by atoms with van der Waals surface area (Å²) in [5.74, 6) is 0.588. The van der Waals surface area contributed by atoms with E-state index in [0.29, 0.717) is 5.92 Å². The van der Waals surface area contributed by atoms with Crippen molar-refractivity contribution >= 4 is 71.7 Å². The van der Waals surface area contributed by atoms with Crippen LogP contribution in [0.25, 0.3) is 54.6 Å². The van der Waals surface area contributed by atoms with Gasteiger partial charge in [0.25, 0.3) is 0 Å². The normalized spacial score (nSPS) is 14.2. The number of nitrogens with zero attached hydrogens (tertiary/aromatic N) is 1. The van der Waals surface area contributed by atoms with Crippen LogP contribution in [0.3, 0.4) is 0 Å². The molecule has 0 aliphatic heterocycles. The first kappa shape index (κ1) is 23.7. The summed E-state index contributed by atoms with van der Waals surface area (Å²) in [4.78, 5) is 2.37. The molecule has 2 heterocycles. The fraction of sp³-hybridized carbons (Fsp3) is 0.128. The van der Waals surface area contributed by atoms with Crippen molar-refractivity contribution in [3.05, 3.63) is 127 Å². The summed E-state index contributed by atoms with van der Waals surface area (Å²) in [7, 11) is 0. The third-order valence-corrected chi connectivity index (χ3v) is 9.18. The Morgan fingerprint density at radius 1 is 0.500 bits per heavy atom. The molecule has 1 saturated carbocycles. The minimum Gasteiger partial charge on any atom is -0.456 e. The molecule has 3 heteroatoms. The van der Waals surface area contributed by atoms with Crippen LogP contribution in [-0.4, -0.2) is 0 Å². The molecule has 0 amide bonds. The third-order valence-electron chi connectivity index (χ3n) is 9.18. The predicted octanol–water partition coefficient (Wildman–Crippen LogP) is 11.8. The fourth-order valence-corrected chi connectivity index (χ4v) is 7.28. The summed E-state index contributed by atoms with van der Waals surface area (Å²) in [5, 5.41) is 7.01. The number of benzene rings is 6. The lowest BCUT2D eigenvalue weighted by molar-refractivity contribution is 0.669. The monoisotopic (exact) mass is 543 g/mol. The van der Waals surface area contributed by atoms with Crippen molar-refractivity contribution in [2.45, 2.75) is 31.6 Å². The van der Waals surface area contributed by atoms with Gasteiger partial charge in [0.15, 0.2) is 0 Å². The zero-order valence-corrected chi connectivity index (χ0v) is 23.2. The Morgan fingerprint density at radius 3 is 2.07 bits per heavy atom. The molecule has 2 aromatic heterocycles. The number of para-hydroxylation sites is 2. The summed E-state index contributed by atoms with van der Waals surface area (Å²) in [6.45, 7) is 0. The molecule has 0 saturated heterocycles. The topological polar surface area (TPSA) is 29.5 Å². The van der Waals surface area contributed by atoms with Crippen molar-refractivity contribution in [2.75, 3.05) is 4.90 Å². The van der Waals surface area contributed by atoms with Gasteiger partial charge >= 0.3 is 0 Å². The molecule has 0 bridgehead atoms. The molecule has 202 valence electrons. The molecular formula is C39H29NO2. The average molecular weight is 544 g/mol. The van der Waals surface area contributed by atoms with Crippen LogP contribution in [0.4, 0.5) is 17.1 Å². The van der Waals surface area contributed by atoms with E-state index in [2.05, 4.69) is 114 Å². The lowest BCUT2D eigenvalue weighted by Gasteiger charge is -2.27. The second-order valence-electron chi connectivity index (χ2n) is 11.6. The van der Waals surface area contributed by atoms with Crippen molar-refractivity contribution in [3.63, 3.8) is 0 Å². The highest BCUT2D eigenvalue weighted by Gasteiger charge is 2.25. The zero-order chi connectivity index (χ0) is 27.6. The van der Waals surface area contributed by atoms with Crippen LogP contribution in [0, 0.1) is 0 Å². The first-order chi connectivity index (χ1) is 20.8. The molecule has 9 rings (SSSR count).